The van der Waals surface area contributed by atoms with Gasteiger partial charge in [-0.25, -0.2) is 9.78 Å². The van der Waals surface area contributed by atoms with E-state index < -0.39 is 36.3 Å². The fraction of sp³-hybridized carbons (Fsp3) is 0.185. The number of halogens is 2. The average Bonchev–Trinajstić information content (AvgIpc) is 2.92. The van der Waals surface area contributed by atoms with Crippen LogP contribution in [0.4, 0.5) is 5.82 Å². The fourth-order valence-electron chi connectivity index (χ4n) is 4.18. The van der Waals surface area contributed by atoms with Gasteiger partial charge in [0.1, 0.15) is 11.7 Å². The number of pyridine rings is 1. The number of benzene rings is 2. The van der Waals surface area contributed by atoms with Crippen molar-refractivity contribution in [3.05, 3.63) is 81.5 Å². The molecule has 2 aromatic carbocycles. The average molecular weight is 598 g/mol. The number of carbonyl (C=O) groups is 4. The quantitative estimate of drug-likeness (QED) is 0.182. The molecule has 3 amide bonds. The van der Waals surface area contributed by atoms with E-state index in [1.165, 1.54) is 4.90 Å². The molecule has 12 nitrogen and oxygen atoms in total. The smallest absolute Gasteiger partial charge is 0.328 e. The zero-order valence-corrected chi connectivity index (χ0v) is 22.9. The lowest BCUT2D eigenvalue weighted by molar-refractivity contribution is -0.139. The number of hydrogen-bond acceptors (Lipinski definition) is 6. The Kier molecular flexibility index (Phi) is 9.05. The van der Waals surface area contributed by atoms with E-state index in [4.69, 9.17) is 34.7 Å². The third-order valence-corrected chi connectivity index (χ3v) is 6.76. The molecule has 1 aromatic heterocycles. The minimum Gasteiger partial charge on any atom is -0.480 e. The van der Waals surface area contributed by atoms with Crippen LogP contribution >= 0.6 is 23.2 Å². The standard InChI is InChI=1S/C27H25Cl2N7O5/c28-17-10-16(14-4-2-1-3-5-14)11-18(29)22(17)24(38)33-19(26(40)41)12-32-21(37)13-36-9-8-15-6-7-20(35-27(30)31)34-23(15)25(36)39/h1-7,10-11,19H,8-9,12-13H2,(H,32,37)(H,33,38)(H,40,41)(H4,30,31,34,35)/t19-/m0/s1. The van der Waals surface area contributed by atoms with Gasteiger partial charge in [0.05, 0.1) is 22.2 Å². The molecule has 41 heavy (non-hydrogen) atoms. The lowest BCUT2D eigenvalue weighted by Crippen LogP contribution is -2.51. The van der Waals surface area contributed by atoms with Crippen LogP contribution in [-0.4, -0.2) is 70.3 Å². The number of carbonyl (C=O) groups excluding carboxylic acids is 3. The van der Waals surface area contributed by atoms with Gasteiger partial charge >= 0.3 is 5.97 Å². The van der Waals surface area contributed by atoms with Gasteiger partial charge in [0.25, 0.3) is 11.8 Å². The number of aliphatic carboxylic acids is 1. The lowest BCUT2D eigenvalue weighted by Gasteiger charge is -2.27. The first-order valence-corrected chi connectivity index (χ1v) is 13.0. The molecule has 14 heteroatoms. The number of rotatable bonds is 9. The molecule has 0 bridgehead atoms. The Morgan fingerprint density at radius 1 is 1.05 bits per heavy atom. The van der Waals surface area contributed by atoms with Gasteiger partial charge in [-0.15, -0.1) is 0 Å². The Hall–Kier alpha value is -4.68. The van der Waals surface area contributed by atoms with Crippen molar-refractivity contribution in [2.45, 2.75) is 12.5 Å². The summed E-state index contributed by atoms with van der Waals surface area (Å²) in [5, 5.41) is 14.5. The lowest BCUT2D eigenvalue weighted by atomic mass is 10.0. The van der Waals surface area contributed by atoms with Crippen LogP contribution in [-0.2, 0) is 16.0 Å². The van der Waals surface area contributed by atoms with Crippen LogP contribution in [0, 0.1) is 0 Å². The largest absolute Gasteiger partial charge is 0.480 e. The molecule has 0 saturated heterocycles. The minimum absolute atomic E-state index is 0.0301. The molecule has 0 spiro atoms. The van der Waals surface area contributed by atoms with E-state index in [1.54, 1.807) is 24.3 Å². The Labute approximate surface area is 244 Å². The van der Waals surface area contributed by atoms with Gasteiger partial charge in [0.15, 0.2) is 11.8 Å². The fourth-order valence-corrected chi connectivity index (χ4v) is 4.84. The van der Waals surface area contributed by atoms with Crippen molar-refractivity contribution < 1.29 is 24.3 Å². The van der Waals surface area contributed by atoms with Crippen molar-refractivity contribution in [1.82, 2.24) is 20.5 Å². The van der Waals surface area contributed by atoms with Crippen LogP contribution in [0.3, 0.4) is 0 Å². The normalized spacial score (nSPS) is 13.1. The first kappa shape index (κ1) is 29.3. The van der Waals surface area contributed by atoms with Gasteiger partial charge in [-0.1, -0.05) is 59.6 Å². The number of carboxylic acids is 1. The summed E-state index contributed by atoms with van der Waals surface area (Å²) in [4.78, 5) is 59.6. The third kappa shape index (κ3) is 7.10. The van der Waals surface area contributed by atoms with Crippen molar-refractivity contribution in [2.75, 3.05) is 19.6 Å². The highest BCUT2D eigenvalue weighted by atomic mass is 35.5. The maximum Gasteiger partial charge on any atom is 0.328 e. The summed E-state index contributed by atoms with van der Waals surface area (Å²) in [5.41, 5.74) is 13.0. The summed E-state index contributed by atoms with van der Waals surface area (Å²) in [6.07, 6.45) is 0.446. The summed E-state index contributed by atoms with van der Waals surface area (Å²) < 4.78 is 0. The molecule has 0 saturated carbocycles. The molecule has 4 rings (SSSR count). The van der Waals surface area contributed by atoms with Gasteiger partial charge < -0.3 is 32.1 Å². The monoisotopic (exact) mass is 597 g/mol. The Morgan fingerprint density at radius 2 is 1.73 bits per heavy atom. The van der Waals surface area contributed by atoms with Crippen LogP contribution in [0.15, 0.2) is 59.6 Å². The van der Waals surface area contributed by atoms with Crippen molar-refractivity contribution in [2.24, 2.45) is 16.5 Å². The predicted octanol–water partition coefficient (Wildman–Crippen LogP) is 1.96. The van der Waals surface area contributed by atoms with Gasteiger partial charge in [-0.05, 0) is 41.3 Å². The van der Waals surface area contributed by atoms with E-state index in [1.807, 2.05) is 30.3 Å². The number of guanidine groups is 1. The van der Waals surface area contributed by atoms with Crippen LogP contribution in [0.2, 0.25) is 10.0 Å². The van der Waals surface area contributed by atoms with Gasteiger partial charge in [-0.3, -0.25) is 14.4 Å². The topological polar surface area (TPSA) is 193 Å². The molecule has 2 heterocycles. The number of nitrogens with zero attached hydrogens (tertiary/aromatic N) is 3. The molecule has 212 valence electrons. The molecule has 0 unspecified atom stereocenters. The molecule has 1 aliphatic heterocycles. The summed E-state index contributed by atoms with van der Waals surface area (Å²) in [6.45, 7) is -0.564. The minimum atomic E-state index is -1.51. The van der Waals surface area contributed by atoms with Crippen molar-refractivity contribution in [3.8, 4) is 11.1 Å². The summed E-state index contributed by atoms with van der Waals surface area (Å²) in [7, 11) is 0. The van der Waals surface area contributed by atoms with Gasteiger partial charge in [-0.2, -0.15) is 4.99 Å². The van der Waals surface area contributed by atoms with Crippen LogP contribution in [0.5, 0.6) is 0 Å². The molecule has 3 aromatic rings. The first-order chi connectivity index (χ1) is 19.5. The zero-order valence-electron chi connectivity index (χ0n) is 21.4. The van der Waals surface area contributed by atoms with E-state index >= 15 is 0 Å². The highest BCUT2D eigenvalue weighted by Crippen LogP contribution is 2.32. The summed E-state index contributed by atoms with van der Waals surface area (Å²) in [5.74, 6) is -3.42. The highest BCUT2D eigenvalue weighted by Gasteiger charge is 2.29. The Bertz CT molecular complexity index is 1520. The zero-order chi connectivity index (χ0) is 29.7. The maximum absolute atomic E-state index is 12.9. The highest BCUT2D eigenvalue weighted by molar-refractivity contribution is 6.40. The van der Waals surface area contributed by atoms with Crippen molar-refractivity contribution >= 4 is 58.7 Å². The van der Waals surface area contributed by atoms with Crippen molar-refractivity contribution in [1.29, 1.82) is 0 Å². The number of fused-ring (bicyclic) bond motifs is 1. The van der Waals surface area contributed by atoms with Gasteiger partial charge in [0, 0.05) is 13.1 Å². The number of hydrogen-bond donors (Lipinski definition) is 5. The second-order valence-corrected chi connectivity index (χ2v) is 9.85. The van der Waals surface area contributed by atoms with E-state index in [-0.39, 0.29) is 46.2 Å². The number of amides is 3. The summed E-state index contributed by atoms with van der Waals surface area (Å²) >= 11 is 12.7. The molecular formula is C27H25Cl2N7O5. The number of aliphatic imine (C=N–C) groups is 1. The number of carboxylic acid groups (broad SMARTS) is 1. The SMILES string of the molecule is NC(N)=Nc1ccc2c(n1)C(=O)N(CC(=O)NC[C@H](NC(=O)c1c(Cl)cc(-c3ccccc3)cc1Cl)C(=O)O)CC2. The molecule has 1 atom stereocenters. The van der Waals surface area contributed by atoms with Crippen LogP contribution in [0.25, 0.3) is 11.1 Å². The molecule has 7 N–H and O–H groups in total. The van der Waals surface area contributed by atoms with Gasteiger partial charge in [0.2, 0.25) is 5.91 Å². The molecule has 0 aliphatic carbocycles. The molecule has 1 aliphatic rings. The summed E-state index contributed by atoms with van der Waals surface area (Å²) in [6, 6.07) is 14.1. The number of nitrogens with two attached hydrogens (primary N) is 2. The predicted molar refractivity (Wildman–Crippen MR) is 153 cm³/mol. The third-order valence-electron chi connectivity index (χ3n) is 6.17. The Balaban J connectivity index is 1.38. The van der Waals surface area contributed by atoms with Crippen molar-refractivity contribution in [3.63, 3.8) is 0 Å². The van der Waals surface area contributed by atoms with E-state index in [0.29, 0.717) is 17.5 Å². The van der Waals surface area contributed by atoms with Crippen LogP contribution in [0.1, 0.15) is 26.4 Å². The van der Waals surface area contributed by atoms with E-state index in [9.17, 15) is 24.3 Å². The first-order valence-electron chi connectivity index (χ1n) is 12.3. The van der Waals surface area contributed by atoms with E-state index in [2.05, 4.69) is 20.6 Å². The number of aromatic nitrogens is 1. The number of nitrogens with one attached hydrogen (secondary N) is 2. The molecular weight excluding hydrogens is 573 g/mol. The second kappa shape index (κ2) is 12.7. The van der Waals surface area contributed by atoms with E-state index in [0.717, 1.165) is 5.56 Å². The second-order valence-electron chi connectivity index (χ2n) is 9.04. The Morgan fingerprint density at radius 3 is 2.37 bits per heavy atom. The van der Waals surface area contributed by atoms with Crippen LogP contribution < -0.4 is 22.1 Å². The molecule has 0 radical (unpaired) electrons. The maximum atomic E-state index is 12.9. The molecule has 0 fully saturated rings.